The van der Waals surface area contributed by atoms with E-state index in [9.17, 15) is 28.8 Å². The van der Waals surface area contributed by atoms with Crippen LogP contribution in [0, 0.1) is 10.8 Å². The molecule has 0 spiro atoms. The van der Waals surface area contributed by atoms with Crippen molar-refractivity contribution in [3.63, 3.8) is 0 Å². The van der Waals surface area contributed by atoms with Crippen LogP contribution in [-0.2, 0) is 38.2 Å². The Kier molecular flexibility index (Phi) is 18.4. The van der Waals surface area contributed by atoms with Crippen molar-refractivity contribution < 1.29 is 38.2 Å². The Morgan fingerprint density at radius 1 is 0.606 bits per heavy atom. The zero-order valence-electron chi connectivity index (χ0n) is 39.4. The molecule has 0 saturated carbocycles. The van der Waals surface area contributed by atoms with Crippen LogP contribution in [0.3, 0.4) is 0 Å². The number of para-hydroxylation sites is 2. The molecule has 4 fully saturated rings. The molecule has 16 nitrogen and oxygen atoms in total. The van der Waals surface area contributed by atoms with Crippen molar-refractivity contribution in [1.82, 2.24) is 31.1 Å². The monoisotopic (exact) mass is 950 g/mol. The Morgan fingerprint density at radius 2 is 1.00 bits per heavy atom. The summed E-state index contributed by atoms with van der Waals surface area (Å²) < 4.78 is 12.3. The molecular formula is C48H70N8O8S2. The number of nitrogens with zero attached hydrogens (tertiary/aromatic N) is 2. The van der Waals surface area contributed by atoms with Crippen LogP contribution >= 0.6 is 21.6 Å². The number of carbonyl (C=O) groups excluding carboxylic acids is 6. The Labute approximate surface area is 397 Å². The SMILES string of the molecule is CNCC(=O)N[C@H]1CCOC2CC(C)(C)C(CCCCC(=O)Nc3ccccc3SSc3ccccc3NC(=O)CCCCC3N4C(=O)[C@@H](NC(=O)CNC)CCOC4CC3(C)C)N2C1=O. The van der Waals surface area contributed by atoms with Crippen LogP contribution in [0.25, 0.3) is 0 Å². The third-order valence-corrected chi connectivity index (χ3v) is 15.7. The molecule has 362 valence electrons. The maximum atomic E-state index is 13.7. The molecular weight excluding hydrogens is 881 g/mol. The summed E-state index contributed by atoms with van der Waals surface area (Å²) in [6.07, 6.45) is 6.53. The predicted octanol–water partition coefficient (Wildman–Crippen LogP) is 5.64. The fourth-order valence-corrected chi connectivity index (χ4v) is 12.1. The number of hydrogen-bond donors (Lipinski definition) is 6. The number of unbranched alkanes of at least 4 members (excludes halogenated alkanes) is 2. The molecule has 6 atom stereocenters. The number of benzene rings is 2. The van der Waals surface area contributed by atoms with Crippen molar-refractivity contribution in [2.45, 2.75) is 151 Å². The third kappa shape index (κ3) is 13.3. The van der Waals surface area contributed by atoms with Crippen molar-refractivity contribution in [2.75, 3.05) is 51.0 Å². The second kappa shape index (κ2) is 23.7. The van der Waals surface area contributed by atoms with Gasteiger partial charge in [0, 0.05) is 47.6 Å². The fraction of sp³-hybridized carbons (Fsp3) is 0.625. The minimum atomic E-state index is -0.626. The molecule has 4 aliphatic rings. The number of amides is 6. The maximum absolute atomic E-state index is 13.7. The molecule has 2 aromatic rings. The van der Waals surface area contributed by atoms with Crippen molar-refractivity contribution in [2.24, 2.45) is 10.8 Å². The topological polar surface area (TPSA) is 200 Å². The van der Waals surface area contributed by atoms with Gasteiger partial charge in [-0.15, -0.1) is 0 Å². The van der Waals surface area contributed by atoms with E-state index in [1.165, 1.54) is 21.6 Å². The first-order valence-electron chi connectivity index (χ1n) is 23.5. The van der Waals surface area contributed by atoms with E-state index in [4.69, 9.17) is 9.47 Å². The van der Waals surface area contributed by atoms with Gasteiger partial charge in [0.2, 0.25) is 35.4 Å². The summed E-state index contributed by atoms with van der Waals surface area (Å²) in [5.41, 5.74) is 1.05. The van der Waals surface area contributed by atoms with Gasteiger partial charge in [-0.3, -0.25) is 28.8 Å². The summed E-state index contributed by atoms with van der Waals surface area (Å²) in [5, 5.41) is 17.6. The molecule has 4 unspecified atom stereocenters. The maximum Gasteiger partial charge on any atom is 0.247 e. The van der Waals surface area contributed by atoms with Gasteiger partial charge >= 0.3 is 0 Å². The zero-order chi connectivity index (χ0) is 47.4. The highest BCUT2D eigenvalue weighted by Crippen LogP contribution is 2.46. The van der Waals surface area contributed by atoms with Gasteiger partial charge in [-0.2, -0.15) is 0 Å². The highest BCUT2D eigenvalue weighted by molar-refractivity contribution is 8.76. The Bertz CT molecular complexity index is 1900. The van der Waals surface area contributed by atoms with Crippen LogP contribution in [0.15, 0.2) is 58.3 Å². The van der Waals surface area contributed by atoms with Crippen LogP contribution in [-0.4, -0.2) is 122 Å². The number of anilines is 2. The number of rotatable bonds is 21. The molecule has 0 aliphatic carbocycles. The van der Waals surface area contributed by atoms with Crippen LogP contribution in [0.2, 0.25) is 0 Å². The van der Waals surface area contributed by atoms with Crippen LogP contribution in [0.4, 0.5) is 11.4 Å². The molecule has 6 amide bonds. The average molecular weight is 951 g/mol. The van der Waals surface area contributed by atoms with E-state index in [-0.39, 0.29) is 83.9 Å². The lowest BCUT2D eigenvalue weighted by atomic mass is 9.81. The van der Waals surface area contributed by atoms with E-state index >= 15 is 0 Å². The molecule has 2 aromatic carbocycles. The van der Waals surface area contributed by atoms with Crippen LogP contribution in [0.1, 0.15) is 105 Å². The summed E-state index contributed by atoms with van der Waals surface area (Å²) >= 11 is 0. The van der Waals surface area contributed by atoms with E-state index in [1.807, 2.05) is 58.3 Å². The van der Waals surface area contributed by atoms with Crippen molar-refractivity contribution in [1.29, 1.82) is 0 Å². The lowest BCUT2D eigenvalue weighted by Gasteiger charge is -2.34. The average Bonchev–Trinajstić information content (AvgIpc) is 3.54. The lowest BCUT2D eigenvalue weighted by molar-refractivity contribution is -0.145. The summed E-state index contributed by atoms with van der Waals surface area (Å²) in [6.45, 7) is 9.68. The van der Waals surface area contributed by atoms with E-state index in [0.29, 0.717) is 76.0 Å². The number of ether oxygens (including phenoxy) is 2. The zero-order valence-corrected chi connectivity index (χ0v) is 41.0. The lowest BCUT2D eigenvalue weighted by Crippen LogP contribution is -2.53. The molecule has 4 saturated heterocycles. The molecule has 6 rings (SSSR count). The smallest absolute Gasteiger partial charge is 0.247 e. The van der Waals surface area contributed by atoms with Gasteiger partial charge in [0.05, 0.1) is 37.7 Å². The molecule has 18 heteroatoms. The quantitative estimate of drug-likeness (QED) is 0.0667. The van der Waals surface area contributed by atoms with Gasteiger partial charge in [0.1, 0.15) is 24.5 Å². The molecule has 0 radical (unpaired) electrons. The molecule has 4 heterocycles. The molecule has 6 N–H and O–H groups in total. The first kappa shape index (κ1) is 51.2. The third-order valence-electron chi connectivity index (χ3n) is 13.2. The first-order chi connectivity index (χ1) is 31.6. The molecule has 4 aliphatic heterocycles. The molecule has 66 heavy (non-hydrogen) atoms. The Balaban J connectivity index is 0.956. The van der Waals surface area contributed by atoms with Gasteiger partial charge in [-0.1, -0.05) is 86.4 Å². The summed E-state index contributed by atoms with van der Waals surface area (Å²) in [5.74, 6) is -0.833. The number of likely N-dealkylation sites (N-methyl/N-ethyl adjacent to an activating group) is 2. The highest BCUT2D eigenvalue weighted by Gasteiger charge is 2.52. The van der Waals surface area contributed by atoms with E-state index in [1.54, 1.807) is 14.1 Å². The van der Waals surface area contributed by atoms with E-state index in [2.05, 4.69) is 59.6 Å². The standard InChI is InChI=1S/C48H70N8O8S2/c1-47(2)27-43-55(45(61)33(23-25-63-43)53-41(59)29-49-5)37(47)19-11-13-21-39(57)51-31-15-7-9-17-35(31)65-66-36-18-10-8-16-32(36)52-40(58)22-14-12-20-38-48(3,4)28-44-56(38)46(62)34(24-26-64-44)54-42(60)30-50-6/h7-10,15-18,33-34,37-38,43-44,49-50H,11-14,19-30H2,1-6H3,(H,51,57)(H,52,58)(H,53,59)(H,54,60)/t33-,34-,37?,38?,43?,44?/m0/s1. The van der Waals surface area contributed by atoms with Crippen LogP contribution < -0.4 is 31.9 Å². The largest absolute Gasteiger partial charge is 0.358 e. The van der Waals surface area contributed by atoms with E-state index < -0.39 is 12.1 Å². The van der Waals surface area contributed by atoms with Crippen LogP contribution in [0.5, 0.6) is 0 Å². The summed E-state index contributed by atoms with van der Waals surface area (Å²) in [6, 6.07) is 13.9. The normalized spacial score (nSPS) is 24.5. The number of hydrogen-bond acceptors (Lipinski definition) is 12. The van der Waals surface area contributed by atoms with Gasteiger partial charge in [-0.25, -0.2) is 0 Å². The van der Waals surface area contributed by atoms with E-state index in [0.717, 1.165) is 35.5 Å². The predicted molar refractivity (Wildman–Crippen MR) is 257 cm³/mol. The molecule has 0 aromatic heterocycles. The van der Waals surface area contributed by atoms with Gasteiger partial charge < -0.3 is 51.2 Å². The van der Waals surface area contributed by atoms with Crippen molar-refractivity contribution >= 4 is 68.4 Å². The van der Waals surface area contributed by atoms with Gasteiger partial charge in [-0.05, 0) is 87.7 Å². The fourth-order valence-electron chi connectivity index (χ4n) is 9.83. The van der Waals surface area contributed by atoms with Crippen molar-refractivity contribution in [3.8, 4) is 0 Å². The minimum absolute atomic E-state index is 0.0760. The Morgan fingerprint density at radius 3 is 1.39 bits per heavy atom. The second-order valence-electron chi connectivity index (χ2n) is 19.2. The Hall–Kier alpha value is -4.20. The summed E-state index contributed by atoms with van der Waals surface area (Å²) in [4.78, 5) is 84.2. The highest BCUT2D eigenvalue weighted by atomic mass is 33.1. The second-order valence-corrected chi connectivity index (χ2v) is 21.4. The number of nitrogens with one attached hydrogen (secondary N) is 6. The van der Waals surface area contributed by atoms with Gasteiger partial charge in [0.15, 0.2) is 0 Å². The summed E-state index contributed by atoms with van der Waals surface area (Å²) in [7, 11) is 6.39. The number of fused-ring (bicyclic) bond motifs is 2. The van der Waals surface area contributed by atoms with Crippen molar-refractivity contribution in [3.05, 3.63) is 48.5 Å². The number of carbonyl (C=O) groups is 6. The first-order valence-corrected chi connectivity index (χ1v) is 25.6. The van der Waals surface area contributed by atoms with Gasteiger partial charge in [0.25, 0.3) is 0 Å². The minimum Gasteiger partial charge on any atom is -0.358 e. The molecule has 0 bridgehead atoms.